The minimum atomic E-state index is -0.0824. The van der Waals surface area contributed by atoms with Crippen LogP contribution in [0, 0.1) is 0 Å². The topological polar surface area (TPSA) is 106 Å². The number of amides is 1. The van der Waals surface area contributed by atoms with Gasteiger partial charge in [-0.25, -0.2) is 4.98 Å². The van der Waals surface area contributed by atoms with Crippen LogP contribution in [0.2, 0.25) is 0 Å². The Morgan fingerprint density at radius 2 is 2.03 bits per heavy atom. The van der Waals surface area contributed by atoms with E-state index in [1.807, 2.05) is 24.3 Å². The van der Waals surface area contributed by atoms with E-state index in [0.29, 0.717) is 24.7 Å². The van der Waals surface area contributed by atoms with Crippen molar-refractivity contribution in [2.24, 2.45) is 0 Å². The number of anilines is 1. The largest absolute Gasteiger partial charge is 0.372 e. The van der Waals surface area contributed by atoms with E-state index in [0.717, 1.165) is 30.0 Å². The molecule has 9 heteroatoms. The highest BCUT2D eigenvalue weighted by molar-refractivity contribution is 5.76. The fraction of sp³-hybridized carbons (Fsp3) is 0.409. The molecule has 0 radical (unpaired) electrons. The van der Waals surface area contributed by atoms with Crippen LogP contribution in [0.4, 0.5) is 5.82 Å². The molecule has 1 saturated heterocycles. The molecule has 0 saturated carbocycles. The quantitative estimate of drug-likeness (QED) is 0.619. The van der Waals surface area contributed by atoms with Crippen molar-refractivity contribution in [2.75, 3.05) is 18.0 Å². The number of aromatic nitrogens is 4. The third-order valence-electron chi connectivity index (χ3n) is 5.00. The highest BCUT2D eigenvalue weighted by Crippen LogP contribution is 2.18. The number of morpholine rings is 1. The second-order valence-corrected chi connectivity index (χ2v) is 7.72. The molecular weight excluding hydrogens is 396 g/mol. The molecule has 0 aromatic carbocycles. The number of hydrogen-bond acceptors (Lipinski definition) is 8. The van der Waals surface area contributed by atoms with E-state index in [1.54, 1.807) is 18.6 Å². The maximum absolute atomic E-state index is 12.2. The molecule has 4 heterocycles. The molecule has 1 aliphatic heterocycles. The molecule has 1 amide bonds. The lowest BCUT2D eigenvalue weighted by Crippen LogP contribution is -2.45. The summed E-state index contributed by atoms with van der Waals surface area (Å²) in [5, 5.41) is 6.84. The number of pyridine rings is 2. The Bertz CT molecular complexity index is 982. The van der Waals surface area contributed by atoms with Gasteiger partial charge in [-0.2, -0.15) is 4.98 Å². The highest BCUT2D eigenvalue weighted by atomic mass is 16.5. The Hall–Kier alpha value is -3.33. The van der Waals surface area contributed by atoms with Gasteiger partial charge >= 0.3 is 0 Å². The van der Waals surface area contributed by atoms with Gasteiger partial charge in [-0.1, -0.05) is 11.2 Å². The van der Waals surface area contributed by atoms with Crippen LogP contribution >= 0.6 is 0 Å². The first-order valence-electron chi connectivity index (χ1n) is 10.4. The molecule has 3 aromatic rings. The summed E-state index contributed by atoms with van der Waals surface area (Å²) in [6, 6.07) is 7.65. The molecule has 2 atom stereocenters. The average molecular weight is 422 g/mol. The van der Waals surface area contributed by atoms with Gasteiger partial charge in [0.05, 0.1) is 12.2 Å². The van der Waals surface area contributed by atoms with Crippen molar-refractivity contribution in [3.05, 3.63) is 54.3 Å². The van der Waals surface area contributed by atoms with Crippen molar-refractivity contribution < 1.29 is 14.1 Å². The lowest BCUT2D eigenvalue weighted by Gasteiger charge is -2.36. The molecular formula is C22H26N6O3. The van der Waals surface area contributed by atoms with Gasteiger partial charge in [0.15, 0.2) is 0 Å². The van der Waals surface area contributed by atoms with Crippen molar-refractivity contribution in [3.63, 3.8) is 0 Å². The molecule has 0 spiro atoms. The summed E-state index contributed by atoms with van der Waals surface area (Å²) in [5.74, 6) is 1.74. The van der Waals surface area contributed by atoms with Crippen LogP contribution in [0.1, 0.15) is 31.7 Å². The van der Waals surface area contributed by atoms with Crippen molar-refractivity contribution in [1.82, 2.24) is 25.4 Å². The Labute approximate surface area is 180 Å². The first-order valence-corrected chi connectivity index (χ1v) is 10.4. The third kappa shape index (κ3) is 5.64. The summed E-state index contributed by atoms with van der Waals surface area (Å²) < 4.78 is 11.0. The van der Waals surface area contributed by atoms with E-state index in [4.69, 9.17) is 9.26 Å². The average Bonchev–Trinajstić information content (AvgIpc) is 3.26. The van der Waals surface area contributed by atoms with Crippen molar-refractivity contribution in [1.29, 1.82) is 0 Å². The Kier molecular flexibility index (Phi) is 6.51. The number of hydrogen-bond donors (Lipinski definition) is 1. The third-order valence-corrected chi connectivity index (χ3v) is 5.00. The molecule has 2 unspecified atom stereocenters. The van der Waals surface area contributed by atoms with Crippen LogP contribution in [0.3, 0.4) is 0 Å². The number of carbonyl (C=O) groups is 1. The van der Waals surface area contributed by atoms with E-state index in [1.165, 1.54) is 0 Å². The number of aryl methyl sites for hydroxylation is 1. The predicted octanol–water partition coefficient (Wildman–Crippen LogP) is 2.39. The van der Waals surface area contributed by atoms with Crippen molar-refractivity contribution in [3.8, 4) is 11.4 Å². The molecule has 3 aromatic heterocycles. The van der Waals surface area contributed by atoms with E-state index in [9.17, 15) is 4.79 Å². The maximum Gasteiger partial charge on any atom is 0.227 e. The molecule has 1 N–H and O–H groups in total. The summed E-state index contributed by atoms with van der Waals surface area (Å²) in [7, 11) is 0. The van der Waals surface area contributed by atoms with Gasteiger partial charge in [0, 0.05) is 56.6 Å². The van der Waals surface area contributed by atoms with Crippen LogP contribution in [0.15, 0.2) is 47.4 Å². The van der Waals surface area contributed by atoms with Gasteiger partial charge in [-0.15, -0.1) is 0 Å². The summed E-state index contributed by atoms with van der Waals surface area (Å²) in [6.07, 6.45) is 6.17. The van der Waals surface area contributed by atoms with E-state index < -0.39 is 0 Å². The van der Waals surface area contributed by atoms with E-state index in [-0.39, 0.29) is 24.5 Å². The number of nitrogens with one attached hydrogen (secondary N) is 1. The highest BCUT2D eigenvalue weighted by Gasteiger charge is 2.23. The number of rotatable bonds is 7. The summed E-state index contributed by atoms with van der Waals surface area (Å²) >= 11 is 0. The zero-order valence-electron chi connectivity index (χ0n) is 17.7. The van der Waals surface area contributed by atoms with Crippen molar-refractivity contribution in [2.45, 2.75) is 45.4 Å². The summed E-state index contributed by atoms with van der Waals surface area (Å²) in [6.45, 7) is 6.21. The molecule has 0 aliphatic carbocycles. The fourth-order valence-corrected chi connectivity index (χ4v) is 3.55. The zero-order chi connectivity index (χ0) is 21.6. The summed E-state index contributed by atoms with van der Waals surface area (Å²) in [4.78, 5) is 27.3. The lowest BCUT2D eigenvalue weighted by atomic mass is 10.2. The summed E-state index contributed by atoms with van der Waals surface area (Å²) in [5.41, 5.74) is 1.72. The molecule has 162 valence electrons. The van der Waals surface area contributed by atoms with Crippen LogP contribution < -0.4 is 10.2 Å². The zero-order valence-corrected chi connectivity index (χ0v) is 17.7. The van der Waals surface area contributed by atoms with Crippen LogP contribution in [0.25, 0.3) is 11.4 Å². The molecule has 1 aliphatic rings. The Balaban J connectivity index is 1.23. The second kappa shape index (κ2) is 9.65. The first-order chi connectivity index (χ1) is 15.1. The predicted molar refractivity (Wildman–Crippen MR) is 114 cm³/mol. The second-order valence-electron chi connectivity index (χ2n) is 7.72. The molecule has 4 rings (SSSR count). The Morgan fingerprint density at radius 3 is 2.74 bits per heavy atom. The molecule has 9 nitrogen and oxygen atoms in total. The monoisotopic (exact) mass is 422 g/mol. The Morgan fingerprint density at radius 1 is 1.19 bits per heavy atom. The van der Waals surface area contributed by atoms with Gasteiger partial charge in [0.1, 0.15) is 5.82 Å². The van der Waals surface area contributed by atoms with Crippen LogP contribution in [0.5, 0.6) is 0 Å². The van der Waals surface area contributed by atoms with Crippen molar-refractivity contribution >= 4 is 11.7 Å². The smallest absolute Gasteiger partial charge is 0.227 e. The van der Waals surface area contributed by atoms with E-state index >= 15 is 0 Å². The normalized spacial score (nSPS) is 18.7. The van der Waals surface area contributed by atoms with Gasteiger partial charge in [0.2, 0.25) is 17.6 Å². The molecule has 31 heavy (non-hydrogen) atoms. The minimum absolute atomic E-state index is 0.0824. The van der Waals surface area contributed by atoms with Crippen LogP contribution in [-0.4, -0.2) is 51.3 Å². The standard InChI is InChI=1S/C22H26N6O3/c1-15-13-28(14-16(2)30-15)19-6-5-17(10-24-19)11-25-20(29)7-8-21-26-22(27-31-21)18-4-3-9-23-12-18/h3-6,9-10,12,15-16H,7-8,11,13-14H2,1-2H3,(H,25,29). The fourth-order valence-electron chi connectivity index (χ4n) is 3.55. The number of carbonyl (C=O) groups excluding carboxylic acids is 1. The van der Waals surface area contributed by atoms with E-state index in [2.05, 4.69) is 44.2 Å². The van der Waals surface area contributed by atoms with Gasteiger partial charge in [-0.3, -0.25) is 9.78 Å². The van der Waals surface area contributed by atoms with Gasteiger partial charge < -0.3 is 19.5 Å². The maximum atomic E-state index is 12.2. The van der Waals surface area contributed by atoms with Gasteiger partial charge in [0.25, 0.3) is 0 Å². The van der Waals surface area contributed by atoms with Gasteiger partial charge in [-0.05, 0) is 37.6 Å². The SMILES string of the molecule is CC1CN(c2ccc(CNC(=O)CCc3nc(-c4cccnc4)no3)cn2)CC(C)O1. The minimum Gasteiger partial charge on any atom is -0.372 e. The number of nitrogens with zero attached hydrogens (tertiary/aromatic N) is 5. The van der Waals surface area contributed by atoms with Crippen LogP contribution in [-0.2, 0) is 22.5 Å². The molecule has 0 bridgehead atoms. The number of ether oxygens (including phenoxy) is 1. The first kappa shape index (κ1) is 20.9. The lowest BCUT2D eigenvalue weighted by molar-refractivity contribution is -0.121. The molecule has 1 fully saturated rings.